The first-order chi connectivity index (χ1) is 6.69. The van der Waals surface area contributed by atoms with Gasteiger partial charge in [0, 0.05) is 12.0 Å². The molecule has 1 aromatic carbocycles. The second kappa shape index (κ2) is 4.70. The molecule has 0 aromatic heterocycles. The van der Waals surface area contributed by atoms with Gasteiger partial charge < -0.3 is 9.47 Å². The fourth-order valence-corrected chi connectivity index (χ4v) is 1.40. The van der Waals surface area contributed by atoms with Crippen LogP contribution in [0.15, 0.2) is 30.4 Å². The maximum atomic E-state index is 5.27. The molecule has 0 amide bonds. The molecule has 0 radical (unpaired) electrons. The van der Waals surface area contributed by atoms with E-state index < -0.39 is 0 Å². The third-order valence-electron chi connectivity index (χ3n) is 2.01. The lowest BCUT2D eigenvalue weighted by atomic mass is 10.1. The van der Waals surface area contributed by atoms with E-state index in [2.05, 4.69) is 6.58 Å². The van der Waals surface area contributed by atoms with E-state index in [1.54, 1.807) is 14.2 Å². The zero-order valence-electron chi connectivity index (χ0n) is 8.96. The molecule has 0 saturated carbocycles. The molecule has 0 atom stereocenters. The quantitative estimate of drug-likeness (QED) is 0.683. The van der Waals surface area contributed by atoms with E-state index in [1.807, 2.05) is 25.1 Å². The fraction of sp³-hybridized carbons (Fsp3) is 0.333. The van der Waals surface area contributed by atoms with Crippen LogP contribution >= 0.6 is 0 Å². The lowest BCUT2D eigenvalue weighted by Gasteiger charge is -2.12. The van der Waals surface area contributed by atoms with Crippen molar-refractivity contribution in [1.29, 1.82) is 0 Å². The van der Waals surface area contributed by atoms with Crippen molar-refractivity contribution in [2.75, 3.05) is 14.2 Å². The second-order valence-corrected chi connectivity index (χ2v) is 3.27. The van der Waals surface area contributed by atoms with E-state index in [4.69, 9.17) is 9.47 Å². The zero-order chi connectivity index (χ0) is 10.6. The van der Waals surface area contributed by atoms with Crippen molar-refractivity contribution >= 4 is 0 Å². The van der Waals surface area contributed by atoms with Crippen LogP contribution in [0.2, 0.25) is 0 Å². The lowest BCUT2D eigenvalue weighted by molar-refractivity contribution is 0.386. The Hall–Kier alpha value is -1.44. The van der Waals surface area contributed by atoms with Gasteiger partial charge in [-0.05, 0) is 19.1 Å². The Morgan fingerprint density at radius 2 is 1.71 bits per heavy atom. The Morgan fingerprint density at radius 1 is 1.21 bits per heavy atom. The number of allylic oxidation sites excluding steroid dienone is 1. The summed E-state index contributed by atoms with van der Waals surface area (Å²) in [5, 5.41) is 0. The molecule has 0 fully saturated rings. The first-order valence-corrected chi connectivity index (χ1v) is 4.53. The molecule has 0 aliphatic carbocycles. The normalized spacial score (nSPS) is 9.64. The Balaban J connectivity index is 3.12. The average molecular weight is 192 g/mol. The van der Waals surface area contributed by atoms with Gasteiger partial charge in [-0.15, -0.1) is 0 Å². The van der Waals surface area contributed by atoms with E-state index in [1.165, 1.54) is 0 Å². The highest BCUT2D eigenvalue weighted by Crippen LogP contribution is 2.29. The van der Waals surface area contributed by atoms with E-state index in [9.17, 15) is 0 Å². The van der Waals surface area contributed by atoms with Gasteiger partial charge in [0.2, 0.25) is 0 Å². The third-order valence-corrected chi connectivity index (χ3v) is 2.01. The molecule has 1 rings (SSSR count). The molecule has 0 aliphatic rings. The largest absolute Gasteiger partial charge is 0.496 e. The van der Waals surface area contributed by atoms with Crippen molar-refractivity contribution in [3.8, 4) is 11.5 Å². The van der Waals surface area contributed by atoms with Crippen molar-refractivity contribution < 1.29 is 9.47 Å². The van der Waals surface area contributed by atoms with Crippen LogP contribution in [0, 0.1) is 0 Å². The fourth-order valence-electron chi connectivity index (χ4n) is 1.40. The smallest absolute Gasteiger partial charge is 0.126 e. The van der Waals surface area contributed by atoms with E-state index in [0.717, 1.165) is 29.1 Å². The van der Waals surface area contributed by atoms with Crippen LogP contribution in [-0.2, 0) is 6.42 Å². The lowest BCUT2D eigenvalue weighted by Crippen LogP contribution is -1.97. The second-order valence-electron chi connectivity index (χ2n) is 3.27. The Labute approximate surface area is 85.2 Å². The van der Waals surface area contributed by atoms with Crippen molar-refractivity contribution in [2.45, 2.75) is 13.3 Å². The van der Waals surface area contributed by atoms with Gasteiger partial charge in [0.05, 0.1) is 14.2 Å². The number of ether oxygens (including phenoxy) is 2. The maximum Gasteiger partial charge on any atom is 0.126 e. The molecule has 0 saturated heterocycles. The standard InChI is InChI=1S/C12H16O2/c1-9(2)8-10-11(13-3)6-5-7-12(10)14-4/h5-7H,1,8H2,2-4H3. The minimum atomic E-state index is 0.785. The molecule has 0 N–H and O–H groups in total. The minimum absolute atomic E-state index is 0.785. The first-order valence-electron chi connectivity index (χ1n) is 4.53. The van der Waals surface area contributed by atoms with Gasteiger partial charge in [-0.2, -0.15) is 0 Å². The van der Waals surface area contributed by atoms with Gasteiger partial charge >= 0.3 is 0 Å². The van der Waals surface area contributed by atoms with Crippen molar-refractivity contribution in [3.63, 3.8) is 0 Å². The summed E-state index contributed by atoms with van der Waals surface area (Å²) in [6, 6.07) is 5.78. The maximum absolute atomic E-state index is 5.27. The summed E-state index contributed by atoms with van der Waals surface area (Å²) >= 11 is 0. The van der Waals surface area contributed by atoms with E-state index in [-0.39, 0.29) is 0 Å². The predicted molar refractivity (Wildman–Crippen MR) is 58.1 cm³/mol. The van der Waals surface area contributed by atoms with Crippen molar-refractivity contribution in [1.82, 2.24) is 0 Å². The Bertz CT molecular complexity index is 307. The van der Waals surface area contributed by atoms with Crippen molar-refractivity contribution in [3.05, 3.63) is 35.9 Å². The van der Waals surface area contributed by atoms with Crippen molar-refractivity contribution in [2.24, 2.45) is 0 Å². The van der Waals surface area contributed by atoms with Gasteiger partial charge in [-0.25, -0.2) is 0 Å². The average Bonchev–Trinajstić information content (AvgIpc) is 2.17. The van der Waals surface area contributed by atoms with Crippen LogP contribution in [0.5, 0.6) is 11.5 Å². The highest BCUT2D eigenvalue weighted by atomic mass is 16.5. The van der Waals surface area contributed by atoms with Crippen LogP contribution in [0.3, 0.4) is 0 Å². The minimum Gasteiger partial charge on any atom is -0.496 e. The highest BCUT2D eigenvalue weighted by Gasteiger charge is 2.08. The molecule has 0 bridgehead atoms. The number of benzene rings is 1. The highest BCUT2D eigenvalue weighted by molar-refractivity contribution is 5.46. The Kier molecular flexibility index (Phi) is 3.57. The molecule has 0 aliphatic heterocycles. The van der Waals surface area contributed by atoms with Crippen LogP contribution in [0.25, 0.3) is 0 Å². The number of hydrogen-bond acceptors (Lipinski definition) is 2. The number of methoxy groups -OCH3 is 2. The summed E-state index contributed by atoms with van der Waals surface area (Å²) in [6.07, 6.45) is 0.785. The van der Waals surface area contributed by atoms with Crippen LogP contribution < -0.4 is 9.47 Å². The van der Waals surface area contributed by atoms with Crippen LogP contribution in [-0.4, -0.2) is 14.2 Å². The molecule has 0 unspecified atom stereocenters. The molecule has 1 aromatic rings. The summed E-state index contributed by atoms with van der Waals surface area (Å²) in [4.78, 5) is 0. The number of rotatable bonds is 4. The molecule has 2 heteroatoms. The van der Waals surface area contributed by atoms with E-state index in [0.29, 0.717) is 0 Å². The molecule has 14 heavy (non-hydrogen) atoms. The number of hydrogen-bond donors (Lipinski definition) is 0. The monoisotopic (exact) mass is 192 g/mol. The zero-order valence-corrected chi connectivity index (χ0v) is 8.96. The summed E-state index contributed by atoms with van der Waals surface area (Å²) in [6.45, 7) is 5.88. The molecule has 0 heterocycles. The van der Waals surface area contributed by atoms with E-state index >= 15 is 0 Å². The molecule has 2 nitrogen and oxygen atoms in total. The van der Waals surface area contributed by atoms with Crippen LogP contribution in [0.4, 0.5) is 0 Å². The van der Waals surface area contributed by atoms with Gasteiger partial charge in [0.25, 0.3) is 0 Å². The Morgan fingerprint density at radius 3 is 2.07 bits per heavy atom. The van der Waals surface area contributed by atoms with Gasteiger partial charge in [0.15, 0.2) is 0 Å². The van der Waals surface area contributed by atoms with Gasteiger partial charge in [-0.1, -0.05) is 18.2 Å². The van der Waals surface area contributed by atoms with Gasteiger partial charge in [0.1, 0.15) is 11.5 Å². The summed E-state index contributed by atoms with van der Waals surface area (Å²) < 4.78 is 10.5. The topological polar surface area (TPSA) is 18.5 Å². The first kappa shape index (κ1) is 10.6. The summed E-state index contributed by atoms with van der Waals surface area (Å²) in [5.41, 5.74) is 2.15. The van der Waals surface area contributed by atoms with Gasteiger partial charge in [-0.3, -0.25) is 0 Å². The predicted octanol–water partition coefficient (Wildman–Crippen LogP) is 2.82. The van der Waals surface area contributed by atoms with Crippen LogP contribution in [0.1, 0.15) is 12.5 Å². The third kappa shape index (κ3) is 2.28. The molecular weight excluding hydrogens is 176 g/mol. The molecule has 0 spiro atoms. The SMILES string of the molecule is C=C(C)Cc1c(OC)cccc1OC. The molecular formula is C12H16O2. The summed E-state index contributed by atoms with van der Waals surface area (Å²) in [5.74, 6) is 1.71. The molecule has 76 valence electrons. The summed E-state index contributed by atoms with van der Waals surface area (Å²) in [7, 11) is 3.33.